The highest BCUT2D eigenvalue weighted by Crippen LogP contribution is 2.27. The van der Waals surface area contributed by atoms with Gasteiger partial charge in [-0.25, -0.2) is 0 Å². The van der Waals surface area contributed by atoms with Gasteiger partial charge in [0.2, 0.25) is 5.78 Å². The number of ketones is 1. The Labute approximate surface area is 141 Å². The fraction of sp³-hybridized carbons (Fsp3) is 0.0556. The van der Waals surface area contributed by atoms with Gasteiger partial charge in [0.15, 0.2) is 17.3 Å². The van der Waals surface area contributed by atoms with Crippen molar-refractivity contribution in [3.63, 3.8) is 0 Å². The van der Waals surface area contributed by atoms with Gasteiger partial charge in [-0.15, -0.1) is 0 Å². The minimum absolute atomic E-state index is 0.0238. The topological polar surface area (TPSA) is 59.7 Å². The standard InChI is InChI=1S/C18H13BrO4/c1-22-17-6-3-11(8-15(17)21)2-5-14(20)18-10-12-9-13(19)4-7-16(12)23-18/h2-10,21H,1H3/b5-2+. The highest BCUT2D eigenvalue weighted by atomic mass is 79.9. The van der Waals surface area contributed by atoms with Crippen LogP contribution in [0.1, 0.15) is 16.1 Å². The Kier molecular flexibility index (Phi) is 4.21. The molecule has 0 aliphatic rings. The molecule has 3 rings (SSSR count). The van der Waals surface area contributed by atoms with E-state index in [0.717, 1.165) is 9.86 Å². The van der Waals surface area contributed by atoms with Gasteiger partial charge in [-0.2, -0.15) is 0 Å². The van der Waals surface area contributed by atoms with Crippen molar-refractivity contribution in [2.24, 2.45) is 0 Å². The number of carbonyl (C=O) groups excluding carboxylic acids is 1. The number of methoxy groups -OCH3 is 1. The molecule has 0 aliphatic carbocycles. The van der Waals surface area contributed by atoms with Crippen LogP contribution < -0.4 is 4.74 Å². The molecule has 0 aliphatic heterocycles. The van der Waals surface area contributed by atoms with Crippen LogP contribution in [0.4, 0.5) is 0 Å². The Balaban J connectivity index is 1.83. The number of allylic oxidation sites excluding steroid dienone is 1. The summed E-state index contributed by atoms with van der Waals surface area (Å²) in [5, 5.41) is 10.6. The van der Waals surface area contributed by atoms with Crippen molar-refractivity contribution in [1.29, 1.82) is 0 Å². The highest BCUT2D eigenvalue weighted by Gasteiger charge is 2.10. The molecule has 0 bridgehead atoms. The van der Waals surface area contributed by atoms with Crippen LogP contribution in [0.25, 0.3) is 17.0 Å². The predicted octanol–water partition coefficient (Wildman–Crippen LogP) is 4.81. The maximum Gasteiger partial charge on any atom is 0.221 e. The van der Waals surface area contributed by atoms with Gasteiger partial charge in [0, 0.05) is 9.86 Å². The number of aromatic hydroxyl groups is 1. The van der Waals surface area contributed by atoms with E-state index < -0.39 is 0 Å². The Morgan fingerprint density at radius 3 is 2.78 bits per heavy atom. The molecule has 5 heteroatoms. The molecule has 1 aromatic heterocycles. The Hall–Kier alpha value is -2.53. The minimum atomic E-state index is -0.243. The second kappa shape index (κ2) is 6.30. The predicted molar refractivity (Wildman–Crippen MR) is 91.9 cm³/mol. The van der Waals surface area contributed by atoms with Gasteiger partial charge in [0.05, 0.1) is 7.11 Å². The van der Waals surface area contributed by atoms with E-state index in [1.165, 1.54) is 19.3 Å². The molecule has 2 aromatic carbocycles. The zero-order valence-electron chi connectivity index (χ0n) is 12.2. The number of ether oxygens (including phenoxy) is 1. The van der Waals surface area contributed by atoms with Crippen molar-refractivity contribution in [1.82, 2.24) is 0 Å². The van der Waals surface area contributed by atoms with E-state index in [1.54, 1.807) is 30.3 Å². The number of rotatable bonds is 4. The lowest BCUT2D eigenvalue weighted by Crippen LogP contribution is -1.90. The zero-order valence-corrected chi connectivity index (χ0v) is 13.8. The first-order valence-corrected chi connectivity index (χ1v) is 7.64. The highest BCUT2D eigenvalue weighted by molar-refractivity contribution is 9.10. The van der Waals surface area contributed by atoms with Gasteiger partial charge in [0.25, 0.3) is 0 Å². The van der Waals surface area contributed by atoms with Gasteiger partial charge in [-0.1, -0.05) is 28.1 Å². The molecule has 0 saturated carbocycles. The number of carbonyl (C=O) groups is 1. The summed E-state index contributed by atoms with van der Waals surface area (Å²) in [6.07, 6.45) is 3.03. The largest absolute Gasteiger partial charge is 0.504 e. The van der Waals surface area contributed by atoms with E-state index >= 15 is 0 Å². The first kappa shape index (κ1) is 15.4. The van der Waals surface area contributed by atoms with Crippen molar-refractivity contribution in [3.8, 4) is 11.5 Å². The Morgan fingerprint density at radius 1 is 1.22 bits per heavy atom. The number of phenolic OH excluding ortho intramolecular Hbond substituents is 1. The first-order valence-electron chi connectivity index (χ1n) is 6.85. The van der Waals surface area contributed by atoms with Crippen LogP contribution in [0, 0.1) is 0 Å². The Morgan fingerprint density at radius 2 is 2.04 bits per heavy atom. The molecule has 4 nitrogen and oxygen atoms in total. The van der Waals surface area contributed by atoms with E-state index in [9.17, 15) is 9.90 Å². The lowest BCUT2D eigenvalue weighted by Gasteiger charge is -2.03. The summed E-state index contributed by atoms with van der Waals surface area (Å²) in [5.41, 5.74) is 1.35. The van der Waals surface area contributed by atoms with E-state index in [0.29, 0.717) is 16.9 Å². The number of fused-ring (bicyclic) bond motifs is 1. The molecule has 0 radical (unpaired) electrons. The van der Waals surface area contributed by atoms with Crippen LogP contribution in [0.2, 0.25) is 0 Å². The molecule has 0 fully saturated rings. The molecule has 0 amide bonds. The average molecular weight is 373 g/mol. The lowest BCUT2D eigenvalue weighted by atomic mass is 10.1. The van der Waals surface area contributed by atoms with Crippen molar-refractivity contribution in [3.05, 3.63) is 64.3 Å². The third-order valence-electron chi connectivity index (χ3n) is 3.35. The molecule has 3 aromatic rings. The molecular weight excluding hydrogens is 360 g/mol. The molecule has 23 heavy (non-hydrogen) atoms. The monoisotopic (exact) mass is 372 g/mol. The number of phenols is 1. The van der Waals surface area contributed by atoms with Gasteiger partial charge < -0.3 is 14.3 Å². The van der Waals surface area contributed by atoms with E-state index in [-0.39, 0.29) is 17.3 Å². The molecular formula is C18H13BrO4. The summed E-state index contributed by atoms with van der Waals surface area (Å²) in [6, 6.07) is 12.2. The van der Waals surface area contributed by atoms with Crippen LogP contribution in [-0.4, -0.2) is 18.0 Å². The zero-order chi connectivity index (χ0) is 16.4. The maximum atomic E-state index is 12.2. The van der Waals surface area contributed by atoms with Crippen LogP contribution in [0.15, 0.2) is 57.4 Å². The van der Waals surface area contributed by atoms with Crippen molar-refractivity contribution >= 4 is 38.8 Å². The molecule has 1 N–H and O–H groups in total. The van der Waals surface area contributed by atoms with Crippen LogP contribution in [0.5, 0.6) is 11.5 Å². The van der Waals surface area contributed by atoms with Crippen molar-refractivity contribution < 1.29 is 19.1 Å². The van der Waals surface area contributed by atoms with Gasteiger partial charge in [-0.3, -0.25) is 4.79 Å². The number of halogens is 1. The smallest absolute Gasteiger partial charge is 0.221 e. The van der Waals surface area contributed by atoms with Crippen LogP contribution in [-0.2, 0) is 0 Å². The molecule has 0 saturated heterocycles. The quantitative estimate of drug-likeness (QED) is 0.527. The van der Waals surface area contributed by atoms with E-state index in [2.05, 4.69) is 15.9 Å². The second-order valence-electron chi connectivity index (χ2n) is 4.92. The number of hydrogen-bond acceptors (Lipinski definition) is 4. The third kappa shape index (κ3) is 3.29. The summed E-state index contributed by atoms with van der Waals surface area (Å²) >= 11 is 3.38. The summed E-state index contributed by atoms with van der Waals surface area (Å²) in [4.78, 5) is 12.2. The van der Waals surface area contributed by atoms with Crippen molar-refractivity contribution in [2.75, 3.05) is 7.11 Å². The second-order valence-corrected chi connectivity index (χ2v) is 5.84. The SMILES string of the molecule is COc1ccc(/C=C/C(=O)c2cc3cc(Br)ccc3o2)cc1O. The average Bonchev–Trinajstić information content (AvgIpc) is 2.95. The fourth-order valence-electron chi connectivity index (χ4n) is 2.20. The van der Waals surface area contributed by atoms with Gasteiger partial charge in [0.1, 0.15) is 5.58 Å². The fourth-order valence-corrected chi connectivity index (χ4v) is 2.58. The lowest BCUT2D eigenvalue weighted by molar-refractivity contribution is 0.102. The minimum Gasteiger partial charge on any atom is -0.504 e. The summed E-state index contributed by atoms with van der Waals surface area (Å²) in [7, 11) is 1.48. The Bertz CT molecular complexity index is 909. The van der Waals surface area contributed by atoms with Gasteiger partial charge in [-0.05, 0) is 48.0 Å². The van der Waals surface area contributed by atoms with Crippen LogP contribution >= 0.6 is 15.9 Å². The number of benzene rings is 2. The van der Waals surface area contributed by atoms with Crippen molar-refractivity contribution in [2.45, 2.75) is 0 Å². The summed E-state index contributed by atoms with van der Waals surface area (Å²) in [6.45, 7) is 0. The number of hydrogen-bond donors (Lipinski definition) is 1. The van der Waals surface area contributed by atoms with E-state index in [1.807, 2.05) is 12.1 Å². The van der Waals surface area contributed by atoms with Gasteiger partial charge >= 0.3 is 0 Å². The molecule has 0 atom stereocenters. The summed E-state index contributed by atoms with van der Waals surface area (Å²) in [5.74, 6) is 0.437. The molecule has 0 unspecified atom stereocenters. The molecule has 0 spiro atoms. The van der Waals surface area contributed by atoms with E-state index in [4.69, 9.17) is 9.15 Å². The number of furan rings is 1. The van der Waals surface area contributed by atoms with Crippen LogP contribution in [0.3, 0.4) is 0 Å². The molecule has 1 heterocycles. The summed E-state index contributed by atoms with van der Waals surface area (Å²) < 4.78 is 11.4. The third-order valence-corrected chi connectivity index (χ3v) is 3.84. The normalized spacial score (nSPS) is 11.2. The maximum absolute atomic E-state index is 12.2. The molecule has 116 valence electrons. The first-order chi connectivity index (χ1) is 11.1.